The second kappa shape index (κ2) is 7.85. The van der Waals surface area contributed by atoms with Crippen LogP contribution in [0.5, 0.6) is 5.75 Å². The van der Waals surface area contributed by atoms with Gasteiger partial charge in [-0.3, -0.25) is 0 Å². The third-order valence-corrected chi connectivity index (χ3v) is 3.60. The fourth-order valence-electron chi connectivity index (χ4n) is 2.19. The maximum absolute atomic E-state index is 8.60. The molecule has 1 atom stereocenters. The number of benzene rings is 1. The summed E-state index contributed by atoms with van der Waals surface area (Å²) < 4.78 is 12.0. The van der Waals surface area contributed by atoms with Crippen LogP contribution in [0.25, 0.3) is 0 Å². The van der Waals surface area contributed by atoms with Crippen molar-refractivity contribution < 1.29 is 14.6 Å². The van der Waals surface area contributed by atoms with Crippen LogP contribution in [0.2, 0.25) is 0 Å². The molecule has 1 aliphatic rings. The van der Waals surface area contributed by atoms with Crippen LogP contribution in [0, 0.1) is 0 Å². The Morgan fingerprint density at radius 1 is 1.42 bits per heavy atom. The van der Waals surface area contributed by atoms with Crippen molar-refractivity contribution in [1.82, 2.24) is 5.32 Å². The molecule has 0 spiro atoms. The van der Waals surface area contributed by atoms with Gasteiger partial charge in [0, 0.05) is 29.1 Å². The SMILES string of the molecule is OCCOCCCNC1CCOc2ccc(Br)cc21. The highest BCUT2D eigenvalue weighted by Gasteiger charge is 2.20. The summed E-state index contributed by atoms with van der Waals surface area (Å²) in [6.45, 7) is 2.86. The molecule has 19 heavy (non-hydrogen) atoms. The minimum absolute atomic E-state index is 0.0921. The first-order valence-corrected chi connectivity index (χ1v) is 7.45. The molecule has 1 unspecified atom stereocenters. The number of halogens is 1. The van der Waals surface area contributed by atoms with Gasteiger partial charge in [0.15, 0.2) is 0 Å². The van der Waals surface area contributed by atoms with E-state index in [9.17, 15) is 0 Å². The first-order chi connectivity index (χ1) is 9.31. The lowest BCUT2D eigenvalue weighted by Gasteiger charge is -2.27. The lowest BCUT2D eigenvalue weighted by Crippen LogP contribution is -2.28. The summed E-state index contributed by atoms with van der Waals surface area (Å²) in [4.78, 5) is 0. The molecule has 1 aliphatic heterocycles. The molecular weight excluding hydrogens is 310 g/mol. The molecular formula is C14H20BrNO3. The zero-order valence-electron chi connectivity index (χ0n) is 10.9. The first-order valence-electron chi connectivity index (χ1n) is 6.65. The Hall–Kier alpha value is -0.620. The third kappa shape index (κ3) is 4.45. The Labute approximate surface area is 122 Å². The minimum atomic E-state index is 0.0921. The fraction of sp³-hybridized carbons (Fsp3) is 0.571. The fourth-order valence-corrected chi connectivity index (χ4v) is 2.57. The molecule has 2 rings (SSSR count). The van der Waals surface area contributed by atoms with Crippen LogP contribution in [0.3, 0.4) is 0 Å². The predicted molar refractivity (Wildman–Crippen MR) is 77.5 cm³/mol. The van der Waals surface area contributed by atoms with E-state index >= 15 is 0 Å². The van der Waals surface area contributed by atoms with Crippen molar-refractivity contribution in [3.63, 3.8) is 0 Å². The summed E-state index contributed by atoms with van der Waals surface area (Å²) in [5, 5.41) is 12.1. The van der Waals surface area contributed by atoms with Gasteiger partial charge in [-0.1, -0.05) is 15.9 Å². The Morgan fingerprint density at radius 3 is 3.16 bits per heavy atom. The summed E-state index contributed by atoms with van der Waals surface area (Å²) in [6.07, 6.45) is 1.93. The molecule has 0 bridgehead atoms. The van der Waals surface area contributed by atoms with Crippen LogP contribution in [-0.4, -0.2) is 38.1 Å². The number of rotatable bonds is 7. The molecule has 0 radical (unpaired) electrons. The molecule has 0 saturated heterocycles. The van der Waals surface area contributed by atoms with E-state index in [1.54, 1.807) is 0 Å². The topological polar surface area (TPSA) is 50.7 Å². The van der Waals surface area contributed by atoms with Crippen molar-refractivity contribution >= 4 is 15.9 Å². The van der Waals surface area contributed by atoms with Crippen LogP contribution in [-0.2, 0) is 4.74 Å². The number of ether oxygens (including phenoxy) is 2. The van der Waals surface area contributed by atoms with E-state index in [2.05, 4.69) is 27.3 Å². The van der Waals surface area contributed by atoms with E-state index in [0.717, 1.165) is 36.2 Å². The maximum atomic E-state index is 8.60. The van der Waals surface area contributed by atoms with E-state index in [-0.39, 0.29) is 6.61 Å². The molecule has 0 fully saturated rings. The Kier molecular flexibility index (Phi) is 6.10. The van der Waals surface area contributed by atoms with Crippen molar-refractivity contribution in [3.05, 3.63) is 28.2 Å². The van der Waals surface area contributed by atoms with Crippen LogP contribution in [0.15, 0.2) is 22.7 Å². The van der Waals surface area contributed by atoms with Crippen molar-refractivity contribution in [2.24, 2.45) is 0 Å². The van der Waals surface area contributed by atoms with Gasteiger partial charge in [0.1, 0.15) is 5.75 Å². The average molecular weight is 330 g/mol. The smallest absolute Gasteiger partial charge is 0.124 e. The molecule has 1 aromatic rings. The standard InChI is InChI=1S/C14H20BrNO3/c15-11-2-3-14-12(10-11)13(4-8-19-14)16-5-1-7-18-9-6-17/h2-3,10,13,16-17H,1,4-9H2. The van der Waals surface area contributed by atoms with E-state index in [4.69, 9.17) is 14.6 Å². The molecule has 4 nitrogen and oxygen atoms in total. The summed E-state index contributed by atoms with van der Waals surface area (Å²) in [7, 11) is 0. The highest BCUT2D eigenvalue weighted by Crippen LogP contribution is 2.33. The molecule has 5 heteroatoms. The summed E-state index contributed by atoms with van der Waals surface area (Å²) in [6, 6.07) is 6.48. The molecule has 0 saturated carbocycles. The van der Waals surface area contributed by atoms with Crippen molar-refractivity contribution in [2.75, 3.05) is 33.0 Å². The number of nitrogens with one attached hydrogen (secondary N) is 1. The number of hydrogen-bond donors (Lipinski definition) is 2. The predicted octanol–water partition coefficient (Wildman–Crippen LogP) is 2.26. The molecule has 1 aromatic carbocycles. The highest BCUT2D eigenvalue weighted by molar-refractivity contribution is 9.10. The quantitative estimate of drug-likeness (QED) is 0.753. The lowest BCUT2D eigenvalue weighted by atomic mass is 10.0. The van der Waals surface area contributed by atoms with Crippen molar-refractivity contribution in [1.29, 1.82) is 0 Å². The van der Waals surface area contributed by atoms with E-state index < -0.39 is 0 Å². The van der Waals surface area contributed by atoms with Crippen molar-refractivity contribution in [2.45, 2.75) is 18.9 Å². The Bertz CT molecular complexity index is 400. The number of hydrogen-bond acceptors (Lipinski definition) is 4. The van der Waals surface area contributed by atoms with Gasteiger partial charge in [0.25, 0.3) is 0 Å². The zero-order chi connectivity index (χ0) is 13.5. The van der Waals surface area contributed by atoms with Crippen LogP contribution in [0.1, 0.15) is 24.4 Å². The summed E-state index contributed by atoms with van der Waals surface area (Å²) in [5.74, 6) is 0.975. The van der Waals surface area contributed by atoms with Crippen molar-refractivity contribution in [3.8, 4) is 5.75 Å². The summed E-state index contributed by atoms with van der Waals surface area (Å²) >= 11 is 3.50. The molecule has 106 valence electrons. The molecule has 2 N–H and O–H groups in total. The van der Waals surface area contributed by atoms with Gasteiger partial charge in [0.05, 0.1) is 19.8 Å². The van der Waals surface area contributed by atoms with Gasteiger partial charge < -0.3 is 19.9 Å². The molecule has 0 aromatic heterocycles. The van der Waals surface area contributed by atoms with Crippen LogP contribution in [0.4, 0.5) is 0 Å². The van der Waals surface area contributed by atoms with Gasteiger partial charge in [-0.15, -0.1) is 0 Å². The second-order valence-electron chi connectivity index (χ2n) is 4.52. The Morgan fingerprint density at radius 2 is 2.32 bits per heavy atom. The monoisotopic (exact) mass is 329 g/mol. The lowest BCUT2D eigenvalue weighted by molar-refractivity contribution is 0.0901. The molecule has 0 aliphatic carbocycles. The normalized spacial score (nSPS) is 17.9. The van der Waals surface area contributed by atoms with E-state index in [1.807, 2.05) is 12.1 Å². The van der Waals surface area contributed by atoms with E-state index in [1.165, 1.54) is 5.56 Å². The number of fused-ring (bicyclic) bond motifs is 1. The third-order valence-electron chi connectivity index (χ3n) is 3.10. The number of aliphatic hydroxyl groups excluding tert-OH is 1. The summed E-state index contributed by atoms with van der Waals surface area (Å²) in [5.41, 5.74) is 1.22. The van der Waals surface area contributed by atoms with E-state index in [0.29, 0.717) is 19.3 Å². The first kappa shape index (κ1) is 14.8. The van der Waals surface area contributed by atoms with Gasteiger partial charge in [-0.05, 0) is 31.2 Å². The maximum Gasteiger partial charge on any atom is 0.124 e. The van der Waals surface area contributed by atoms with Crippen LogP contribution >= 0.6 is 15.9 Å². The van der Waals surface area contributed by atoms with Crippen LogP contribution < -0.4 is 10.1 Å². The molecule has 0 amide bonds. The van der Waals surface area contributed by atoms with Gasteiger partial charge in [-0.25, -0.2) is 0 Å². The number of aliphatic hydroxyl groups is 1. The van der Waals surface area contributed by atoms with Gasteiger partial charge in [0.2, 0.25) is 0 Å². The average Bonchev–Trinajstić information content (AvgIpc) is 2.43. The zero-order valence-corrected chi connectivity index (χ0v) is 12.5. The van der Waals surface area contributed by atoms with Gasteiger partial charge in [-0.2, -0.15) is 0 Å². The minimum Gasteiger partial charge on any atom is -0.493 e. The highest BCUT2D eigenvalue weighted by atomic mass is 79.9. The largest absolute Gasteiger partial charge is 0.493 e. The second-order valence-corrected chi connectivity index (χ2v) is 5.43. The molecule has 1 heterocycles. The van der Waals surface area contributed by atoms with Gasteiger partial charge >= 0.3 is 0 Å². The Balaban J connectivity index is 1.80.